The van der Waals surface area contributed by atoms with Gasteiger partial charge in [0.25, 0.3) is 5.91 Å². The molecule has 0 aliphatic heterocycles. The van der Waals surface area contributed by atoms with E-state index in [-0.39, 0.29) is 11.7 Å². The molecule has 1 N–H and O–H groups in total. The van der Waals surface area contributed by atoms with Gasteiger partial charge < -0.3 is 5.32 Å². The predicted molar refractivity (Wildman–Crippen MR) is 142 cm³/mol. The van der Waals surface area contributed by atoms with E-state index in [1.165, 1.54) is 44.2 Å². The van der Waals surface area contributed by atoms with E-state index < -0.39 is 0 Å². The summed E-state index contributed by atoms with van der Waals surface area (Å²) >= 11 is 1.56. The lowest BCUT2D eigenvalue weighted by atomic mass is 9.93. The van der Waals surface area contributed by atoms with Crippen molar-refractivity contribution in [2.24, 2.45) is 0 Å². The van der Waals surface area contributed by atoms with Crippen LogP contribution in [0.15, 0.2) is 48.7 Å². The number of fused-ring (bicyclic) bond motifs is 3. The molecule has 1 unspecified atom stereocenters. The number of aromatic nitrogens is 2. The third kappa shape index (κ3) is 5.11. The Balaban J connectivity index is 1.26. The minimum atomic E-state index is -0.257. The second-order valence-corrected chi connectivity index (χ2v) is 10.6. The molecule has 1 amide bonds. The van der Waals surface area contributed by atoms with E-state index in [2.05, 4.69) is 24.1 Å². The Bertz CT molecular complexity index is 1310. The zero-order valence-electron chi connectivity index (χ0n) is 20.5. The van der Waals surface area contributed by atoms with Crippen LogP contribution in [0.3, 0.4) is 0 Å². The van der Waals surface area contributed by atoms with E-state index in [0.717, 1.165) is 39.4 Å². The van der Waals surface area contributed by atoms with Gasteiger partial charge in [-0.3, -0.25) is 14.1 Å². The average Bonchev–Trinajstić information content (AvgIpc) is 3.45. The van der Waals surface area contributed by atoms with Gasteiger partial charge in [-0.25, -0.2) is 9.37 Å². The monoisotopic (exact) mass is 492 g/mol. The van der Waals surface area contributed by atoms with Gasteiger partial charge in [-0.2, -0.15) is 0 Å². The fourth-order valence-electron chi connectivity index (χ4n) is 5.21. The van der Waals surface area contributed by atoms with Crippen LogP contribution < -0.4 is 5.32 Å². The van der Waals surface area contributed by atoms with Crippen LogP contribution in [0.5, 0.6) is 0 Å². The zero-order valence-corrected chi connectivity index (χ0v) is 21.3. The Kier molecular flexibility index (Phi) is 7.16. The maximum Gasteiger partial charge on any atom is 0.251 e. The normalized spacial score (nSPS) is 15.8. The highest BCUT2D eigenvalue weighted by Crippen LogP contribution is 2.30. The van der Waals surface area contributed by atoms with Crippen molar-refractivity contribution in [2.45, 2.75) is 64.5 Å². The number of halogens is 1. The molecule has 0 radical (unpaired) electrons. The van der Waals surface area contributed by atoms with Gasteiger partial charge in [0.2, 0.25) is 0 Å². The van der Waals surface area contributed by atoms with Crippen LogP contribution in [0.1, 0.15) is 62.7 Å². The third-order valence-corrected chi connectivity index (χ3v) is 8.37. The van der Waals surface area contributed by atoms with Crippen LogP contribution in [0.2, 0.25) is 0 Å². The van der Waals surface area contributed by atoms with E-state index in [9.17, 15) is 9.18 Å². The number of thiazole rings is 1. The van der Waals surface area contributed by atoms with E-state index >= 15 is 0 Å². The maximum absolute atomic E-state index is 13.3. The lowest BCUT2D eigenvalue weighted by molar-refractivity contribution is 0.0903. The Labute approximate surface area is 210 Å². The van der Waals surface area contributed by atoms with Crippen LogP contribution in [0.25, 0.3) is 26.4 Å². The quantitative estimate of drug-likeness (QED) is 0.305. The Morgan fingerprint density at radius 3 is 2.71 bits per heavy atom. The molecule has 35 heavy (non-hydrogen) atoms. The summed E-state index contributed by atoms with van der Waals surface area (Å²) in [7, 11) is 0. The molecule has 1 fully saturated rings. The zero-order chi connectivity index (χ0) is 24.4. The fraction of sp³-hybridized carbons (Fsp3) is 0.429. The van der Waals surface area contributed by atoms with Gasteiger partial charge in [0, 0.05) is 42.5 Å². The molecule has 5 nitrogen and oxygen atoms in total. The highest BCUT2D eigenvalue weighted by Gasteiger charge is 2.24. The molecule has 7 heteroatoms. The summed E-state index contributed by atoms with van der Waals surface area (Å²) in [4.78, 5) is 21.1. The molecule has 4 aromatic rings. The van der Waals surface area contributed by atoms with Crippen LogP contribution in [-0.2, 0) is 0 Å². The Morgan fingerprint density at radius 1 is 1.20 bits per heavy atom. The van der Waals surface area contributed by atoms with Gasteiger partial charge in [0.15, 0.2) is 4.96 Å². The summed E-state index contributed by atoms with van der Waals surface area (Å²) in [5.41, 5.74) is 3.38. The van der Waals surface area contributed by atoms with Crippen molar-refractivity contribution in [1.82, 2.24) is 19.6 Å². The first kappa shape index (κ1) is 23.9. The summed E-state index contributed by atoms with van der Waals surface area (Å²) in [5, 5.41) is 3.15. The van der Waals surface area contributed by atoms with Gasteiger partial charge in [-0.15, -0.1) is 0 Å². The minimum absolute atomic E-state index is 0.0299. The smallest absolute Gasteiger partial charge is 0.251 e. The molecule has 0 spiro atoms. The summed E-state index contributed by atoms with van der Waals surface area (Å²) in [5.74, 6) is -0.287. The van der Waals surface area contributed by atoms with Gasteiger partial charge in [-0.05, 0) is 68.7 Å². The third-order valence-electron chi connectivity index (χ3n) is 7.35. The molecule has 1 aliphatic carbocycles. The van der Waals surface area contributed by atoms with Crippen molar-refractivity contribution in [3.8, 4) is 11.3 Å². The molecule has 0 bridgehead atoms. The average molecular weight is 493 g/mol. The fourth-order valence-corrected chi connectivity index (χ4v) is 6.26. The number of amides is 1. The number of hydrogen-bond acceptors (Lipinski definition) is 4. The van der Waals surface area contributed by atoms with Crippen molar-refractivity contribution in [2.75, 3.05) is 13.1 Å². The molecule has 1 aliphatic rings. The lowest BCUT2D eigenvalue weighted by Gasteiger charge is -2.38. The topological polar surface area (TPSA) is 49.6 Å². The number of carbonyl (C=O) groups is 1. The molecule has 5 rings (SSSR count). The van der Waals surface area contributed by atoms with Crippen LogP contribution in [0, 0.1) is 5.82 Å². The van der Waals surface area contributed by atoms with Gasteiger partial charge in [-0.1, -0.05) is 37.5 Å². The highest BCUT2D eigenvalue weighted by atomic mass is 32.1. The molecular weight excluding hydrogens is 459 g/mol. The SMILES string of the molecule is CCC(C)N(CCNC(=O)c1ccc2c(c1)sc1nc(-c3ccc(F)cc3)cn12)C1CCCCC1. The Hall–Kier alpha value is -2.77. The number of nitrogens with one attached hydrogen (secondary N) is 1. The number of imidazole rings is 1. The van der Waals surface area contributed by atoms with Crippen LogP contribution in [0.4, 0.5) is 4.39 Å². The first-order chi connectivity index (χ1) is 17.0. The molecule has 1 atom stereocenters. The number of benzene rings is 2. The number of rotatable bonds is 8. The largest absolute Gasteiger partial charge is 0.351 e. The summed E-state index contributed by atoms with van der Waals surface area (Å²) < 4.78 is 16.3. The lowest BCUT2D eigenvalue weighted by Crippen LogP contribution is -2.46. The molecule has 2 aromatic heterocycles. The van der Waals surface area contributed by atoms with E-state index in [0.29, 0.717) is 24.2 Å². The van der Waals surface area contributed by atoms with Crippen molar-refractivity contribution < 1.29 is 9.18 Å². The molecule has 184 valence electrons. The van der Waals surface area contributed by atoms with E-state index in [4.69, 9.17) is 4.98 Å². The highest BCUT2D eigenvalue weighted by molar-refractivity contribution is 7.23. The number of carbonyl (C=O) groups excluding carboxylic acids is 1. The maximum atomic E-state index is 13.3. The summed E-state index contributed by atoms with van der Waals surface area (Å²) in [6, 6.07) is 13.4. The summed E-state index contributed by atoms with van der Waals surface area (Å²) in [6.45, 7) is 6.10. The second-order valence-electron chi connectivity index (χ2n) is 9.61. The Morgan fingerprint density at radius 2 is 1.97 bits per heavy atom. The van der Waals surface area contributed by atoms with Crippen molar-refractivity contribution >= 4 is 32.4 Å². The second kappa shape index (κ2) is 10.5. The van der Waals surface area contributed by atoms with Gasteiger partial charge in [0.1, 0.15) is 5.82 Å². The number of nitrogens with zero attached hydrogens (tertiary/aromatic N) is 3. The predicted octanol–water partition coefficient (Wildman–Crippen LogP) is 6.52. The van der Waals surface area contributed by atoms with Crippen LogP contribution in [-0.4, -0.2) is 45.4 Å². The molecular formula is C28H33FN4OS. The molecule has 0 saturated heterocycles. The van der Waals surface area contributed by atoms with E-state index in [1.807, 2.05) is 28.8 Å². The standard InChI is InChI=1S/C28H33FN4OS/c1-3-19(2)32(23-7-5-4-6-8-23)16-15-30-27(34)21-11-14-25-26(17-21)35-28-31-24(18-33(25)28)20-9-12-22(29)13-10-20/h9-14,17-19,23H,3-8,15-16H2,1-2H3,(H,30,34). The number of hydrogen-bond donors (Lipinski definition) is 1. The molecule has 2 heterocycles. The van der Waals surface area contributed by atoms with Crippen molar-refractivity contribution in [3.05, 3.63) is 60.0 Å². The molecule has 1 saturated carbocycles. The molecule has 2 aromatic carbocycles. The first-order valence-corrected chi connectivity index (χ1v) is 13.6. The minimum Gasteiger partial charge on any atom is -0.351 e. The summed E-state index contributed by atoms with van der Waals surface area (Å²) in [6.07, 6.45) is 9.64. The van der Waals surface area contributed by atoms with Crippen molar-refractivity contribution in [1.29, 1.82) is 0 Å². The van der Waals surface area contributed by atoms with Gasteiger partial charge >= 0.3 is 0 Å². The first-order valence-electron chi connectivity index (χ1n) is 12.7. The van der Waals surface area contributed by atoms with E-state index in [1.54, 1.807) is 23.5 Å². The van der Waals surface area contributed by atoms with Crippen LogP contribution >= 0.6 is 11.3 Å². The van der Waals surface area contributed by atoms with Crippen molar-refractivity contribution in [3.63, 3.8) is 0 Å². The van der Waals surface area contributed by atoms with Gasteiger partial charge in [0.05, 0.1) is 15.9 Å².